The lowest BCUT2D eigenvalue weighted by molar-refractivity contribution is 0.0120. The Hall–Kier alpha value is -0.420. The topological polar surface area (TPSA) is 50.4 Å². The lowest BCUT2D eigenvalue weighted by Crippen LogP contribution is -2.42. The third-order valence-electron chi connectivity index (χ3n) is 2.82. The Morgan fingerprint density at radius 3 is 3.00 bits per heavy atom. The van der Waals surface area contributed by atoms with Crippen LogP contribution in [-0.2, 0) is 4.74 Å². The van der Waals surface area contributed by atoms with Crippen molar-refractivity contribution in [3.8, 4) is 0 Å². The maximum Gasteiger partial charge on any atom is 0.315 e. The van der Waals surface area contributed by atoms with Crippen LogP contribution in [0.25, 0.3) is 0 Å². The van der Waals surface area contributed by atoms with Crippen molar-refractivity contribution in [2.45, 2.75) is 44.8 Å². The van der Waals surface area contributed by atoms with E-state index in [0.29, 0.717) is 12.6 Å². The molecule has 100 valence electrons. The quantitative estimate of drug-likeness (QED) is 0.768. The maximum absolute atomic E-state index is 11.5. The molecular formula is C12H24N2O2S. The second kappa shape index (κ2) is 8.64. The van der Waals surface area contributed by atoms with E-state index in [2.05, 4.69) is 10.6 Å². The van der Waals surface area contributed by atoms with Gasteiger partial charge in [-0.2, -0.15) is 11.8 Å². The number of amides is 2. The van der Waals surface area contributed by atoms with Gasteiger partial charge in [0.2, 0.25) is 0 Å². The van der Waals surface area contributed by atoms with Crippen molar-refractivity contribution >= 4 is 17.8 Å². The van der Waals surface area contributed by atoms with Gasteiger partial charge in [-0.25, -0.2) is 4.79 Å². The predicted molar refractivity (Wildman–Crippen MR) is 72.6 cm³/mol. The summed E-state index contributed by atoms with van der Waals surface area (Å²) < 4.78 is 5.60. The lowest BCUT2D eigenvalue weighted by Gasteiger charge is -2.22. The van der Waals surface area contributed by atoms with E-state index in [-0.39, 0.29) is 12.1 Å². The van der Waals surface area contributed by atoms with E-state index in [0.717, 1.165) is 25.2 Å². The van der Waals surface area contributed by atoms with Gasteiger partial charge in [0.1, 0.15) is 0 Å². The van der Waals surface area contributed by atoms with Crippen molar-refractivity contribution in [1.82, 2.24) is 10.6 Å². The Balaban J connectivity index is 2.03. The van der Waals surface area contributed by atoms with Crippen LogP contribution >= 0.6 is 11.8 Å². The fraction of sp³-hybridized carbons (Fsp3) is 0.917. The molecule has 0 spiro atoms. The molecule has 2 amide bonds. The zero-order chi connectivity index (χ0) is 12.5. The highest BCUT2D eigenvalue weighted by molar-refractivity contribution is 7.98. The summed E-state index contributed by atoms with van der Waals surface area (Å²) in [5, 5.41) is 5.79. The lowest BCUT2D eigenvalue weighted by atomic mass is 10.1. The molecule has 0 aromatic rings. The Kier molecular flexibility index (Phi) is 7.44. The van der Waals surface area contributed by atoms with Crippen LogP contribution in [0.5, 0.6) is 0 Å². The van der Waals surface area contributed by atoms with Gasteiger partial charge < -0.3 is 15.4 Å². The molecule has 1 aliphatic rings. The smallest absolute Gasteiger partial charge is 0.315 e. The molecule has 2 N–H and O–H groups in total. The van der Waals surface area contributed by atoms with Gasteiger partial charge in [0, 0.05) is 24.9 Å². The van der Waals surface area contributed by atoms with E-state index >= 15 is 0 Å². The normalized spacial score (nSPS) is 21.9. The third kappa shape index (κ3) is 6.78. The molecule has 0 aromatic heterocycles. The summed E-state index contributed by atoms with van der Waals surface area (Å²) in [6, 6.07) is 0.151. The van der Waals surface area contributed by atoms with Gasteiger partial charge in [-0.15, -0.1) is 0 Å². The number of rotatable bonds is 6. The van der Waals surface area contributed by atoms with E-state index in [1.807, 2.05) is 13.2 Å². The van der Waals surface area contributed by atoms with E-state index in [9.17, 15) is 4.79 Å². The monoisotopic (exact) mass is 260 g/mol. The average molecular weight is 260 g/mol. The number of hydrogen-bond donors (Lipinski definition) is 2. The summed E-state index contributed by atoms with van der Waals surface area (Å²) >= 11 is 1.74. The predicted octanol–water partition coefficient (Wildman–Crippen LogP) is 2.00. The highest BCUT2D eigenvalue weighted by Crippen LogP contribution is 2.14. The van der Waals surface area contributed by atoms with E-state index in [1.165, 1.54) is 12.8 Å². The molecule has 1 heterocycles. The van der Waals surface area contributed by atoms with Crippen LogP contribution < -0.4 is 10.6 Å². The molecule has 2 unspecified atom stereocenters. The minimum atomic E-state index is -0.0673. The molecular weight excluding hydrogens is 236 g/mol. The molecule has 1 aliphatic heterocycles. The molecule has 0 saturated carbocycles. The minimum absolute atomic E-state index is 0.0673. The van der Waals surface area contributed by atoms with Gasteiger partial charge in [-0.1, -0.05) is 0 Å². The van der Waals surface area contributed by atoms with Gasteiger partial charge in [0.15, 0.2) is 0 Å². The first-order valence-corrected chi connectivity index (χ1v) is 7.76. The summed E-state index contributed by atoms with van der Waals surface area (Å²) in [4.78, 5) is 11.5. The molecule has 5 heteroatoms. The zero-order valence-corrected chi connectivity index (χ0v) is 11.6. The number of carbonyl (C=O) groups is 1. The first-order valence-electron chi connectivity index (χ1n) is 6.37. The fourth-order valence-electron chi connectivity index (χ4n) is 1.95. The van der Waals surface area contributed by atoms with Crippen molar-refractivity contribution in [1.29, 1.82) is 0 Å². The summed E-state index contributed by atoms with van der Waals surface area (Å²) in [5.41, 5.74) is 0. The van der Waals surface area contributed by atoms with Crippen molar-refractivity contribution in [3.63, 3.8) is 0 Å². The Bertz CT molecular complexity index is 221. The van der Waals surface area contributed by atoms with Gasteiger partial charge in [0.05, 0.1) is 6.10 Å². The van der Waals surface area contributed by atoms with Crippen molar-refractivity contribution in [3.05, 3.63) is 0 Å². The van der Waals surface area contributed by atoms with E-state index < -0.39 is 0 Å². The van der Waals surface area contributed by atoms with Gasteiger partial charge in [0.25, 0.3) is 0 Å². The molecule has 4 nitrogen and oxygen atoms in total. The van der Waals surface area contributed by atoms with Crippen LogP contribution in [0.1, 0.15) is 32.6 Å². The van der Waals surface area contributed by atoms with Gasteiger partial charge >= 0.3 is 6.03 Å². The van der Waals surface area contributed by atoms with Crippen molar-refractivity contribution < 1.29 is 9.53 Å². The van der Waals surface area contributed by atoms with Gasteiger partial charge in [-0.05, 0) is 38.9 Å². The summed E-state index contributed by atoms with van der Waals surface area (Å²) in [7, 11) is 0. The molecule has 0 aliphatic carbocycles. The van der Waals surface area contributed by atoms with Crippen LogP contribution in [0.2, 0.25) is 0 Å². The number of carbonyl (C=O) groups excluding carboxylic acids is 1. The molecule has 1 fully saturated rings. The summed E-state index contributed by atoms with van der Waals surface area (Å²) in [5.74, 6) is 0.944. The standard InChI is InChI=1S/C12H24N2O2S/c1-10(9-17-2)14-12(15)13-7-6-11-5-3-4-8-16-11/h10-11H,3-9H2,1-2H3,(H2,13,14,15). The van der Waals surface area contributed by atoms with Crippen LogP contribution in [0.3, 0.4) is 0 Å². The van der Waals surface area contributed by atoms with Gasteiger partial charge in [-0.3, -0.25) is 0 Å². The molecule has 0 radical (unpaired) electrons. The number of thioether (sulfide) groups is 1. The average Bonchev–Trinajstić information content (AvgIpc) is 2.30. The largest absolute Gasteiger partial charge is 0.378 e. The van der Waals surface area contributed by atoms with E-state index in [1.54, 1.807) is 11.8 Å². The first kappa shape index (κ1) is 14.6. The van der Waals surface area contributed by atoms with Crippen LogP contribution in [0.4, 0.5) is 4.79 Å². The molecule has 1 saturated heterocycles. The third-order valence-corrected chi connectivity index (χ3v) is 3.65. The van der Waals surface area contributed by atoms with Crippen molar-refractivity contribution in [2.24, 2.45) is 0 Å². The maximum atomic E-state index is 11.5. The number of ether oxygens (including phenoxy) is 1. The van der Waals surface area contributed by atoms with E-state index in [4.69, 9.17) is 4.74 Å². The van der Waals surface area contributed by atoms with Crippen molar-refractivity contribution in [2.75, 3.05) is 25.2 Å². The number of urea groups is 1. The molecule has 2 atom stereocenters. The second-order valence-electron chi connectivity index (χ2n) is 4.53. The minimum Gasteiger partial charge on any atom is -0.378 e. The highest BCUT2D eigenvalue weighted by atomic mass is 32.2. The Morgan fingerprint density at radius 1 is 1.53 bits per heavy atom. The Morgan fingerprint density at radius 2 is 2.35 bits per heavy atom. The molecule has 17 heavy (non-hydrogen) atoms. The molecule has 1 rings (SSSR count). The summed E-state index contributed by atoms with van der Waals surface area (Å²) in [6.07, 6.45) is 6.86. The zero-order valence-electron chi connectivity index (χ0n) is 10.8. The number of hydrogen-bond acceptors (Lipinski definition) is 3. The van der Waals surface area contributed by atoms with Crippen LogP contribution in [0.15, 0.2) is 0 Å². The van der Waals surface area contributed by atoms with Crippen LogP contribution in [0, 0.1) is 0 Å². The Labute approximate surface area is 108 Å². The first-order chi connectivity index (χ1) is 8.22. The SMILES string of the molecule is CSCC(C)NC(=O)NCCC1CCCCO1. The van der Waals surface area contributed by atoms with Crippen LogP contribution in [-0.4, -0.2) is 43.3 Å². The summed E-state index contributed by atoms with van der Waals surface area (Å²) in [6.45, 7) is 3.59. The molecule has 0 aromatic carbocycles. The fourth-order valence-corrected chi connectivity index (χ4v) is 2.53. The number of nitrogens with one attached hydrogen (secondary N) is 2. The highest BCUT2D eigenvalue weighted by Gasteiger charge is 2.13. The molecule has 0 bridgehead atoms. The second-order valence-corrected chi connectivity index (χ2v) is 5.44.